The molecule has 0 saturated heterocycles. The summed E-state index contributed by atoms with van der Waals surface area (Å²) >= 11 is 1.34. The minimum absolute atomic E-state index is 0.286. The molecule has 144 valence electrons. The molecule has 1 aromatic heterocycles. The lowest BCUT2D eigenvalue weighted by molar-refractivity contribution is -0.122. The molecule has 0 aliphatic rings. The number of rotatable bonds is 6. The average Bonchev–Trinajstić information content (AvgIpc) is 3.14. The number of hydrogen-bond acceptors (Lipinski definition) is 5. The van der Waals surface area contributed by atoms with Gasteiger partial charge in [-0.2, -0.15) is 0 Å². The number of aromatic nitrogens is 1. The number of nitrogens with one attached hydrogen (secondary N) is 2. The molecule has 0 spiro atoms. The van der Waals surface area contributed by atoms with Crippen LogP contribution < -0.4 is 15.4 Å². The molecule has 2 N–H and O–H groups in total. The smallest absolute Gasteiger partial charge is 0.265 e. The molecule has 0 aliphatic heterocycles. The zero-order valence-electron chi connectivity index (χ0n) is 15.9. The summed E-state index contributed by atoms with van der Waals surface area (Å²) in [6.45, 7) is 5.64. The highest BCUT2D eigenvalue weighted by Crippen LogP contribution is 2.19. The number of hydrogen-bond donors (Lipinski definition) is 2. The second-order valence-corrected chi connectivity index (χ2v) is 7.34. The second kappa shape index (κ2) is 8.67. The van der Waals surface area contributed by atoms with Gasteiger partial charge in [0.25, 0.3) is 11.8 Å². The molecule has 28 heavy (non-hydrogen) atoms. The fourth-order valence-electron chi connectivity index (χ4n) is 2.70. The van der Waals surface area contributed by atoms with Crippen LogP contribution in [0.4, 0.5) is 10.8 Å². The third-order valence-electron chi connectivity index (χ3n) is 3.92. The van der Waals surface area contributed by atoms with Crippen LogP contribution in [0.1, 0.15) is 28.4 Å². The van der Waals surface area contributed by atoms with E-state index in [2.05, 4.69) is 15.6 Å². The lowest BCUT2D eigenvalue weighted by atomic mass is 10.1. The zero-order valence-corrected chi connectivity index (χ0v) is 16.7. The average molecular weight is 395 g/mol. The van der Waals surface area contributed by atoms with Gasteiger partial charge in [0.15, 0.2) is 11.2 Å². The van der Waals surface area contributed by atoms with Gasteiger partial charge in [-0.3, -0.25) is 14.9 Å². The van der Waals surface area contributed by atoms with E-state index in [9.17, 15) is 9.59 Å². The van der Waals surface area contributed by atoms with Crippen LogP contribution in [0.2, 0.25) is 0 Å². The predicted octanol–water partition coefficient (Wildman–Crippen LogP) is 4.42. The van der Waals surface area contributed by atoms with Crippen LogP contribution in [0.3, 0.4) is 0 Å². The maximum absolute atomic E-state index is 12.5. The van der Waals surface area contributed by atoms with Crippen LogP contribution in [0.25, 0.3) is 0 Å². The first-order valence-corrected chi connectivity index (χ1v) is 9.65. The van der Waals surface area contributed by atoms with Crippen molar-refractivity contribution in [3.63, 3.8) is 0 Å². The van der Waals surface area contributed by atoms with E-state index in [1.165, 1.54) is 11.3 Å². The number of carbonyl (C=O) groups is 2. The van der Waals surface area contributed by atoms with Crippen LogP contribution in [0.5, 0.6) is 5.75 Å². The van der Waals surface area contributed by atoms with E-state index in [-0.39, 0.29) is 11.8 Å². The van der Waals surface area contributed by atoms with Crippen molar-refractivity contribution in [2.45, 2.75) is 26.9 Å². The summed E-state index contributed by atoms with van der Waals surface area (Å²) in [4.78, 5) is 28.8. The van der Waals surface area contributed by atoms with Gasteiger partial charge >= 0.3 is 0 Å². The Morgan fingerprint density at radius 3 is 2.50 bits per heavy atom. The zero-order chi connectivity index (χ0) is 20.1. The number of carbonyl (C=O) groups excluding carboxylic acids is 2. The largest absolute Gasteiger partial charge is 0.481 e. The maximum atomic E-state index is 12.5. The third-order valence-corrected chi connectivity index (χ3v) is 4.61. The van der Waals surface area contributed by atoms with Gasteiger partial charge in [0.2, 0.25) is 0 Å². The summed E-state index contributed by atoms with van der Waals surface area (Å²) < 4.78 is 5.76. The summed E-state index contributed by atoms with van der Waals surface area (Å²) in [6.07, 6.45) is 0.933. The summed E-state index contributed by atoms with van der Waals surface area (Å²) in [5.74, 6) is 0.0685. The highest BCUT2D eigenvalue weighted by atomic mass is 32.1. The van der Waals surface area contributed by atoms with Crippen molar-refractivity contribution in [2.75, 3.05) is 10.6 Å². The second-order valence-electron chi connectivity index (χ2n) is 6.44. The normalized spacial score (nSPS) is 11.5. The first-order valence-electron chi connectivity index (χ1n) is 8.77. The van der Waals surface area contributed by atoms with Crippen LogP contribution >= 0.6 is 11.3 Å². The molecule has 0 saturated carbocycles. The van der Waals surface area contributed by atoms with E-state index in [0.29, 0.717) is 22.1 Å². The fraction of sp³-hybridized carbons (Fsp3) is 0.190. The molecule has 2 aromatic carbocycles. The van der Waals surface area contributed by atoms with E-state index >= 15 is 0 Å². The van der Waals surface area contributed by atoms with Crippen molar-refractivity contribution in [1.29, 1.82) is 0 Å². The Labute approximate surface area is 167 Å². The topological polar surface area (TPSA) is 80.3 Å². The van der Waals surface area contributed by atoms with Crippen molar-refractivity contribution < 1.29 is 14.3 Å². The summed E-state index contributed by atoms with van der Waals surface area (Å²) in [7, 11) is 0. The molecule has 1 heterocycles. The molecule has 7 heteroatoms. The number of aryl methyl sites for hydroxylation is 2. The molecule has 0 fully saturated rings. The molecule has 0 bridgehead atoms. The van der Waals surface area contributed by atoms with Crippen molar-refractivity contribution >= 4 is 34.0 Å². The van der Waals surface area contributed by atoms with E-state index in [1.54, 1.807) is 42.8 Å². The van der Waals surface area contributed by atoms with Gasteiger partial charge in [-0.25, -0.2) is 4.98 Å². The molecular weight excluding hydrogens is 374 g/mol. The van der Waals surface area contributed by atoms with Gasteiger partial charge in [0.05, 0.1) is 0 Å². The van der Waals surface area contributed by atoms with Gasteiger partial charge in [0, 0.05) is 22.8 Å². The molecule has 0 radical (unpaired) electrons. The highest BCUT2D eigenvalue weighted by molar-refractivity contribution is 7.13. The van der Waals surface area contributed by atoms with E-state index in [0.717, 1.165) is 11.1 Å². The van der Waals surface area contributed by atoms with Gasteiger partial charge in [-0.05, 0) is 62.2 Å². The van der Waals surface area contributed by atoms with Crippen LogP contribution in [-0.4, -0.2) is 22.9 Å². The minimum Gasteiger partial charge on any atom is -0.481 e. The Morgan fingerprint density at radius 2 is 1.82 bits per heavy atom. The van der Waals surface area contributed by atoms with Crippen LogP contribution in [-0.2, 0) is 4.79 Å². The number of thiazole rings is 1. The minimum atomic E-state index is -0.686. The Kier molecular flexibility index (Phi) is 6.06. The van der Waals surface area contributed by atoms with Crippen molar-refractivity contribution in [3.8, 4) is 5.75 Å². The van der Waals surface area contributed by atoms with Gasteiger partial charge in [0.1, 0.15) is 5.75 Å². The number of nitrogens with zero attached hydrogens (tertiary/aromatic N) is 1. The summed E-state index contributed by atoms with van der Waals surface area (Å²) in [5.41, 5.74) is 3.09. The van der Waals surface area contributed by atoms with E-state index < -0.39 is 6.10 Å². The first-order chi connectivity index (χ1) is 13.4. The van der Waals surface area contributed by atoms with Crippen molar-refractivity contribution in [2.24, 2.45) is 0 Å². The lowest BCUT2D eigenvalue weighted by Gasteiger charge is -2.16. The third kappa shape index (κ3) is 5.17. The lowest BCUT2D eigenvalue weighted by Crippen LogP contribution is -2.30. The standard InChI is InChI=1S/C21H21N3O3S/c1-13-9-14(2)11-18(10-13)27-15(3)19(25)23-17-6-4-5-16(12-17)20(26)24-21-22-7-8-28-21/h4-12,15H,1-3H3,(H,23,25)(H,22,24,26). The molecule has 3 rings (SSSR count). The van der Waals surface area contributed by atoms with Crippen molar-refractivity contribution in [1.82, 2.24) is 4.98 Å². The molecule has 0 aliphatic carbocycles. The SMILES string of the molecule is Cc1cc(C)cc(OC(C)C(=O)Nc2cccc(C(=O)Nc3nccs3)c2)c1. The molecule has 1 atom stereocenters. The number of benzene rings is 2. The Bertz CT molecular complexity index is 966. The van der Waals surface area contributed by atoms with Gasteiger partial charge in [-0.1, -0.05) is 12.1 Å². The monoisotopic (exact) mass is 395 g/mol. The van der Waals surface area contributed by atoms with Crippen LogP contribution in [0, 0.1) is 13.8 Å². The van der Waals surface area contributed by atoms with E-state index in [1.807, 2.05) is 32.0 Å². The molecule has 2 amide bonds. The van der Waals surface area contributed by atoms with Crippen LogP contribution in [0.15, 0.2) is 54.0 Å². The molecule has 1 unspecified atom stereocenters. The molecule has 6 nitrogen and oxygen atoms in total. The first kappa shape index (κ1) is 19.6. The predicted molar refractivity (Wildman–Crippen MR) is 111 cm³/mol. The summed E-state index contributed by atoms with van der Waals surface area (Å²) in [6, 6.07) is 12.5. The Hall–Kier alpha value is -3.19. The van der Waals surface area contributed by atoms with E-state index in [4.69, 9.17) is 4.74 Å². The number of ether oxygens (including phenoxy) is 1. The molecular formula is C21H21N3O3S. The highest BCUT2D eigenvalue weighted by Gasteiger charge is 2.16. The Balaban J connectivity index is 1.64. The summed E-state index contributed by atoms with van der Waals surface area (Å²) in [5, 5.41) is 7.81. The van der Waals surface area contributed by atoms with Gasteiger partial charge in [-0.15, -0.1) is 11.3 Å². The fourth-order valence-corrected chi connectivity index (χ4v) is 3.22. The number of amides is 2. The van der Waals surface area contributed by atoms with Crippen molar-refractivity contribution in [3.05, 3.63) is 70.7 Å². The number of anilines is 2. The van der Waals surface area contributed by atoms with Gasteiger partial charge < -0.3 is 10.1 Å². The molecule has 3 aromatic rings. The Morgan fingerprint density at radius 1 is 1.07 bits per heavy atom. The maximum Gasteiger partial charge on any atom is 0.265 e. The quantitative estimate of drug-likeness (QED) is 0.647.